The van der Waals surface area contributed by atoms with Crippen LogP contribution in [0.2, 0.25) is 0 Å². The van der Waals surface area contributed by atoms with Gasteiger partial charge in [0.05, 0.1) is 7.11 Å². The fourth-order valence-electron chi connectivity index (χ4n) is 2.70. The molecule has 1 aromatic rings. The Labute approximate surface area is 142 Å². The van der Waals surface area contributed by atoms with E-state index in [1.54, 1.807) is 19.2 Å². The molecule has 1 aliphatic heterocycles. The van der Waals surface area contributed by atoms with Gasteiger partial charge in [0.1, 0.15) is 5.60 Å². The van der Waals surface area contributed by atoms with E-state index in [9.17, 15) is 9.18 Å². The third-order valence-corrected chi connectivity index (χ3v) is 4.13. The highest BCUT2D eigenvalue weighted by Crippen LogP contribution is 2.22. The van der Waals surface area contributed by atoms with Gasteiger partial charge in [-0.25, -0.2) is 4.39 Å². The number of carbonyl (C=O) groups excluding carboxylic acids is 1. The van der Waals surface area contributed by atoms with Crippen molar-refractivity contribution < 1.29 is 18.7 Å². The number of ether oxygens (including phenoxy) is 2. The quantitative estimate of drug-likeness (QED) is 0.823. The average Bonchev–Trinajstić information content (AvgIpc) is 2.55. The van der Waals surface area contributed by atoms with Gasteiger partial charge in [0.25, 0.3) is 5.91 Å². The molecule has 1 amide bonds. The van der Waals surface area contributed by atoms with Gasteiger partial charge in [-0.05, 0) is 50.0 Å². The summed E-state index contributed by atoms with van der Waals surface area (Å²) in [5.41, 5.74) is 0.0755. The number of halogens is 2. The normalized spacial score (nSPS) is 16.3. The average molecular weight is 347 g/mol. The Morgan fingerprint density at radius 3 is 2.61 bits per heavy atom. The Morgan fingerprint density at radius 2 is 2.04 bits per heavy atom. The second-order valence-corrected chi connectivity index (χ2v) is 5.42. The summed E-state index contributed by atoms with van der Waals surface area (Å²) in [5.74, 6) is -0.260. The molecule has 0 atom stereocenters. The van der Waals surface area contributed by atoms with Crippen molar-refractivity contribution in [1.82, 2.24) is 10.6 Å². The Hall–Kier alpha value is -1.37. The second-order valence-electron chi connectivity index (χ2n) is 5.42. The van der Waals surface area contributed by atoms with Gasteiger partial charge in [0, 0.05) is 13.7 Å². The Kier molecular flexibility index (Phi) is 7.75. The molecule has 0 unspecified atom stereocenters. The summed E-state index contributed by atoms with van der Waals surface area (Å²) < 4.78 is 24.0. The first kappa shape index (κ1) is 19.7. The van der Waals surface area contributed by atoms with E-state index in [0.717, 1.165) is 18.7 Å². The lowest BCUT2D eigenvalue weighted by atomic mass is 9.91. The van der Waals surface area contributed by atoms with Crippen LogP contribution < -0.4 is 15.4 Å². The zero-order valence-electron chi connectivity index (χ0n) is 13.5. The first-order valence-electron chi connectivity index (χ1n) is 7.48. The molecule has 7 heteroatoms. The van der Waals surface area contributed by atoms with E-state index in [4.69, 9.17) is 9.47 Å². The molecule has 0 aromatic heterocycles. The number of amides is 1. The minimum atomic E-state index is -0.740. The van der Waals surface area contributed by atoms with Gasteiger partial charge in [-0.1, -0.05) is 6.07 Å². The summed E-state index contributed by atoms with van der Waals surface area (Å²) >= 11 is 0. The number of benzene rings is 1. The van der Waals surface area contributed by atoms with Crippen LogP contribution in [0.5, 0.6) is 5.75 Å². The zero-order valence-corrected chi connectivity index (χ0v) is 14.3. The number of nitrogens with one attached hydrogen (secondary N) is 2. The van der Waals surface area contributed by atoms with E-state index in [0.29, 0.717) is 25.8 Å². The zero-order chi connectivity index (χ0) is 16.0. The van der Waals surface area contributed by atoms with E-state index in [-0.39, 0.29) is 24.1 Å². The SMILES string of the molecule is COc1ccc(CCNC(=O)C2(OC)CCNCC2)cc1F.Cl. The molecule has 0 radical (unpaired) electrons. The minimum Gasteiger partial charge on any atom is -0.494 e. The Bertz CT molecular complexity index is 522. The minimum absolute atomic E-state index is 0. The number of carbonyl (C=O) groups is 1. The molecule has 0 saturated carbocycles. The summed E-state index contributed by atoms with van der Waals surface area (Å²) in [5, 5.41) is 6.11. The first-order chi connectivity index (χ1) is 10.6. The number of methoxy groups -OCH3 is 2. The van der Waals surface area contributed by atoms with E-state index >= 15 is 0 Å². The van der Waals surface area contributed by atoms with Gasteiger partial charge in [-0.3, -0.25) is 4.79 Å². The highest BCUT2D eigenvalue weighted by Gasteiger charge is 2.39. The molecule has 1 aromatic carbocycles. The Morgan fingerprint density at radius 1 is 1.35 bits per heavy atom. The molecule has 1 fully saturated rings. The van der Waals surface area contributed by atoms with Crippen molar-refractivity contribution >= 4 is 18.3 Å². The predicted octanol–water partition coefficient (Wildman–Crippen LogP) is 1.68. The monoisotopic (exact) mass is 346 g/mol. The lowest BCUT2D eigenvalue weighted by molar-refractivity contribution is -0.146. The maximum atomic E-state index is 13.6. The fraction of sp³-hybridized carbons (Fsp3) is 0.562. The molecular formula is C16H24ClFN2O3. The van der Waals surface area contributed by atoms with E-state index in [1.807, 2.05) is 0 Å². The smallest absolute Gasteiger partial charge is 0.252 e. The van der Waals surface area contributed by atoms with Gasteiger partial charge in [0.2, 0.25) is 0 Å². The van der Waals surface area contributed by atoms with Gasteiger partial charge >= 0.3 is 0 Å². The Balaban J connectivity index is 0.00000264. The lowest BCUT2D eigenvalue weighted by Gasteiger charge is -2.34. The molecule has 130 valence electrons. The summed E-state index contributed by atoms with van der Waals surface area (Å²) in [4.78, 5) is 12.4. The molecule has 1 heterocycles. The van der Waals surface area contributed by atoms with Crippen LogP contribution in [0.3, 0.4) is 0 Å². The van der Waals surface area contributed by atoms with Crippen molar-refractivity contribution in [2.24, 2.45) is 0 Å². The van der Waals surface area contributed by atoms with Crippen molar-refractivity contribution in [3.63, 3.8) is 0 Å². The van der Waals surface area contributed by atoms with E-state index < -0.39 is 11.4 Å². The van der Waals surface area contributed by atoms with Crippen molar-refractivity contribution in [3.8, 4) is 5.75 Å². The second kappa shape index (κ2) is 9.05. The molecule has 1 aliphatic rings. The third kappa shape index (κ3) is 4.80. The van der Waals surface area contributed by atoms with Crippen LogP contribution >= 0.6 is 12.4 Å². The molecule has 0 aliphatic carbocycles. The number of piperidine rings is 1. The molecule has 0 bridgehead atoms. The van der Waals surface area contributed by atoms with Crippen molar-refractivity contribution in [2.75, 3.05) is 33.9 Å². The van der Waals surface area contributed by atoms with Crippen LogP contribution in [-0.4, -0.2) is 45.4 Å². The first-order valence-corrected chi connectivity index (χ1v) is 7.48. The molecule has 1 saturated heterocycles. The van der Waals surface area contributed by atoms with Crippen molar-refractivity contribution in [2.45, 2.75) is 24.9 Å². The number of hydrogen-bond acceptors (Lipinski definition) is 4. The summed E-state index contributed by atoms with van der Waals surface area (Å²) in [6.45, 7) is 1.99. The third-order valence-electron chi connectivity index (χ3n) is 4.13. The molecule has 2 N–H and O–H groups in total. The maximum Gasteiger partial charge on any atom is 0.252 e. The van der Waals surface area contributed by atoms with Gasteiger partial charge < -0.3 is 20.1 Å². The van der Waals surface area contributed by atoms with Crippen LogP contribution in [0.15, 0.2) is 18.2 Å². The van der Waals surface area contributed by atoms with Crippen LogP contribution in [-0.2, 0) is 16.0 Å². The van der Waals surface area contributed by atoms with Crippen LogP contribution in [0.1, 0.15) is 18.4 Å². The van der Waals surface area contributed by atoms with E-state index in [2.05, 4.69) is 10.6 Å². The molecule has 5 nitrogen and oxygen atoms in total. The highest BCUT2D eigenvalue weighted by atomic mass is 35.5. The van der Waals surface area contributed by atoms with Gasteiger partial charge in [-0.15, -0.1) is 12.4 Å². The predicted molar refractivity (Wildman–Crippen MR) is 88.8 cm³/mol. The topological polar surface area (TPSA) is 59.6 Å². The molecular weight excluding hydrogens is 323 g/mol. The van der Waals surface area contributed by atoms with Crippen molar-refractivity contribution in [3.05, 3.63) is 29.6 Å². The number of hydrogen-bond donors (Lipinski definition) is 2. The maximum absolute atomic E-state index is 13.6. The largest absolute Gasteiger partial charge is 0.494 e. The van der Waals surface area contributed by atoms with Crippen molar-refractivity contribution in [1.29, 1.82) is 0 Å². The molecule has 2 rings (SSSR count). The fourth-order valence-corrected chi connectivity index (χ4v) is 2.70. The highest BCUT2D eigenvalue weighted by molar-refractivity contribution is 5.85. The number of rotatable bonds is 6. The summed E-state index contributed by atoms with van der Waals surface area (Å²) in [7, 11) is 3.01. The van der Waals surface area contributed by atoms with Crippen LogP contribution in [0, 0.1) is 5.82 Å². The summed E-state index contributed by atoms with van der Waals surface area (Å²) in [6, 6.07) is 4.82. The van der Waals surface area contributed by atoms with Gasteiger partial charge in [-0.2, -0.15) is 0 Å². The lowest BCUT2D eigenvalue weighted by Crippen LogP contribution is -2.54. The van der Waals surface area contributed by atoms with Crippen LogP contribution in [0.4, 0.5) is 4.39 Å². The standard InChI is InChI=1S/C16H23FN2O3.ClH/c1-21-14-4-3-12(11-13(14)17)5-8-19-15(20)16(22-2)6-9-18-10-7-16;/h3-4,11,18H,5-10H2,1-2H3,(H,19,20);1H. The van der Waals surface area contributed by atoms with E-state index in [1.165, 1.54) is 13.2 Å². The van der Waals surface area contributed by atoms with Crippen LogP contribution in [0.25, 0.3) is 0 Å². The summed E-state index contributed by atoms with van der Waals surface area (Å²) in [6.07, 6.45) is 1.88. The molecule has 23 heavy (non-hydrogen) atoms. The van der Waals surface area contributed by atoms with Gasteiger partial charge in [0.15, 0.2) is 11.6 Å². The molecule has 0 spiro atoms.